The number of nitrogens with one attached hydrogen (secondary N) is 2. The highest BCUT2D eigenvalue weighted by Crippen LogP contribution is 2.32. The van der Waals surface area contributed by atoms with Crippen molar-refractivity contribution < 1.29 is 9.32 Å². The van der Waals surface area contributed by atoms with Crippen LogP contribution < -0.4 is 10.6 Å². The van der Waals surface area contributed by atoms with E-state index in [1.54, 1.807) is 0 Å². The fraction of sp³-hybridized carbons (Fsp3) is 0.526. The molecule has 0 radical (unpaired) electrons. The summed E-state index contributed by atoms with van der Waals surface area (Å²) in [5.41, 5.74) is 1.55. The van der Waals surface area contributed by atoms with Gasteiger partial charge in [0.1, 0.15) is 0 Å². The van der Waals surface area contributed by atoms with Crippen molar-refractivity contribution in [2.75, 3.05) is 5.32 Å². The first-order valence-corrected chi connectivity index (χ1v) is 9.17. The maximum Gasteiger partial charge on any atom is 0.319 e. The highest BCUT2D eigenvalue weighted by Gasteiger charge is 2.22. The largest absolute Gasteiger partial charge is 0.339 e. The molecule has 1 aromatic carbocycles. The molecule has 0 unspecified atom stereocenters. The molecular weight excluding hydrogens is 316 g/mol. The summed E-state index contributed by atoms with van der Waals surface area (Å²) in [6.07, 6.45) is 6.89. The lowest BCUT2D eigenvalue weighted by atomic mass is 9.89. The van der Waals surface area contributed by atoms with Gasteiger partial charge < -0.3 is 15.2 Å². The number of hydrogen-bond acceptors (Lipinski definition) is 4. The molecular formula is C19H26N4O2. The smallest absolute Gasteiger partial charge is 0.319 e. The highest BCUT2D eigenvalue weighted by atomic mass is 16.5. The molecule has 1 heterocycles. The van der Waals surface area contributed by atoms with E-state index in [9.17, 15) is 4.79 Å². The van der Waals surface area contributed by atoms with Crippen molar-refractivity contribution in [3.8, 4) is 11.4 Å². The molecule has 0 saturated heterocycles. The van der Waals surface area contributed by atoms with Gasteiger partial charge in [0.25, 0.3) is 0 Å². The fourth-order valence-corrected chi connectivity index (χ4v) is 3.10. The van der Waals surface area contributed by atoms with Crippen molar-refractivity contribution in [1.82, 2.24) is 15.5 Å². The van der Waals surface area contributed by atoms with Gasteiger partial charge in [0.2, 0.25) is 11.7 Å². The summed E-state index contributed by atoms with van der Waals surface area (Å²) in [7, 11) is 0. The Bertz CT molecular complexity index is 707. The van der Waals surface area contributed by atoms with Crippen LogP contribution >= 0.6 is 0 Å². The van der Waals surface area contributed by atoms with Gasteiger partial charge in [0.15, 0.2) is 0 Å². The van der Waals surface area contributed by atoms with E-state index in [0.717, 1.165) is 30.7 Å². The molecule has 25 heavy (non-hydrogen) atoms. The molecule has 134 valence electrons. The van der Waals surface area contributed by atoms with Crippen LogP contribution in [-0.4, -0.2) is 22.2 Å². The monoisotopic (exact) mass is 342 g/mol. The van der Waals surface area contributed by atoms with Gasteiger partial charge in [-0.2, -0.15) is 4.98 Å². The van der Waals surface area contributed by atoms with Crippen LogP contribution in [0.5, 0.6) is 0 Å². The highest BCUT2D eigenvalue weighted by molar-refractivity contribution is 5.90. The number of amides is 2. The van der Waals surface area contributed by atoms with Gasteiger partial charge >= 0.3 is 6.03 Å². The Morgan fingerprint density at radius 2 is 2.12 bits per heavy atom. The molecule has 0 bridgehead atoms. The molecule has 3 rings (SSSR count). The van der Waals surface area contributed by atoms with Crippen LogP contribution in [0, 0.1) is 0 Å². The number of rotatable bonds is 5. The van der Waals surface area contributed by atoms with Gasteiger partial charge in [0, 0.05) is 23.2 Å². The average molecular weight is 342 g/mol. The van der Waals surface area contributed by atoms with E-state index in [2.05, 4.69) is 20.8 Å². The first-order chi connectivity index (χ1) is 12.2. The minimum atomic E-state index is -0.206. The molecule has 0 aliphatic heterocycles. The Morgan fingerprint density at radius 3 is 2.88 bits per heavy atom. The number of aromatic nitrogens is 2. The van der Waals surface area contributed by atoms with E-state index in [-0.39, 0.29) is 12.1 Å². The average Bonchev–Trinajstić information content (AvgIpc) is 3.12. The second kappa shape index (κ2) is 8.14. The van der Waals surface area contributed by atoms with E-state index in [1.165, 1.54) is 19.3 Å². The van der Waals surface area contributed by atoms with E-state index >= 15 is 0 Å². The van der Waals surface area contributed by atoms with Crippen LogP contribution in [0.3, 0.4) is 0 Å². The second-order valence-corrected chi connectivity index (χ2v) is 6.78. The molecule has 1 aliphatic carbocycles. The molecule has 2 aromatic rings. The maximum absolute atomic E-state index is 12.0. The minimum Gasteiger partial charge on any atom is -0.339 e. The van der Waals surface area contributed by atoms with E-state index in [0.29, 0.717) is 17.4 Å². The van der Waals surface area contributed by atoms with Gasteiger partial charge in [-0.05, 0) is 38.3 Å². The second-order valence-electron chi connectivity index (χ2n) is 6.78. The Balaban J connectivity index is 1.69. The lowest BCUT2D eigenvalue weighted by Gasteiger charge is -2.17. The Labute approximate surface area is 148 Å². The molecule has 0 spiro atoms. The zero-order chi connectivity index (χ0) is 17.6. The maximum atomic E-state index is 12.0. The summed E-state index contributed by atoms with van der Waals surface area (Å²) in [4.78, 5) is 16.5. The SMILES string of the molecule is CC[C@H](C)NC(=O)Nc1cccc(-c2noc(C3CCCCC3)n2)c1. The van der Waals surface area contributed by atoms with Gasteiger partial charge in [-0.15, -0.1) is 0 Å². The summed E-state index contributed by atoms with van der Waals surface area (Å²) >= 11 is 0. The van der Waals surface area contributed by atoms with Crippen LogP contribution in [0.15, 0.2) is 28.8 Å². The Kier molecular flexibility index (Phi) is 5.68. The molecule has 1 fully saturated rings. The van der Waals surface area contributed by atoms with Crippen LogP contribution in [-0.2, 0) is 0 Å². The molecule has 1 saturated carbocycles. The summed E-state index contributed by atoms with van der Waals surface area (Å²) in [6, 6.07) is 7.45. The van der Waals surface area contributed by atoms with Crippen molar-refractivity contribution in [3.05, 3.63) is 30.2 Å². The third-order valence-electron chi connectivity index (χ3n) is 4.76. The van der Waals surface area contributed by atoms with Gasteiger partial charge in [-0.25, -0.2) is 4.79 Å². The van der Waals surface area contributed by atoms with Crippen molar-refractivity contribution in [2.45, 2.75) is 64.3 Å². The van der Waals surface area contributed by atoms with Crippen molar-refractivity contribution in [3.63, 3.8) is 0 Å². The van der Waals surface area contributed by atoms with E-state index < -0.39 is 0 Å². The summed E-state index contributed by atoms with van der Waals surface area (Å²) in [6.45, 7) is 4.01. The molecule has 2 amide bonds. The molecule has 6 heteroatoms. The lowest BCUT2D eigenvalue weighted by Crippen LogP contribution is -2.35. The molecule has 1 aliphatic rings. The summed E-state index contributed by atoms with van der Waals surface area (Å²) < 4.78 is 5.49. The van der Waals surface area contributed by atoms with Crippen molar-refractivity contribution >= 4 is 11.7 Å². The summed E-state index contributed by atoms with van der Waals surface area (Å²) in [5, 5.41) is 9.86. The molecule has 1 atom stereocenters. The Morgan fingerprint density at radius 1 is 1.32 bits per heavy atom. The van der Waals surface area contributed by atoms with Crippen LogP contribution in [0.25, 0.3) is 11.4 Å². The quantitative estimate of drug-likeness (QED) is 0.825. The number of nitrogens with zero attached hydrogens (tertiary/aromatic N) is 2. The number of carbonyl (C=O) groups is 1. The zero-order valence-corrected chi connectivity index (χ0v) is 14.9. The van der Waals surface area contributed by atoms with E-state index in [4.69, 9.17) is 4.52 Å². The number of urea groups is 1. The topological polar surface area (TPSA) is 80.0 Å². The third-order valence-corrected chi connectivity index (χ3v) is 4.76. The number of benzene rings is 1. The standard InChI is InChI=1S/C19H26N4O2/c1-3-13(2)20-19(24)21-16-11-7-10-15(12-16)17-22-18(25-23-17)14-8-5-4-6-9-14/h7,10-14H,3-6,8-9H2,1-2H3,(H2,20,21,24)/t13-/m0/s1. The predicted molar refractivity (Wildman–Crippen MR) is 97.5 cm³/mol. The Hall–Kier alpha value is -2.37. The van der Waals surface area contributed by atoms with E-state index in [1.807, 2.05) is 38.1 Å². The predicted octanol–water partition coefficient (Wildman–Crippen LogP) is 4.70. The summed E-state index contributed by atoms with van der Waals surface area (Å²) in [5.74, 6) is 1.70. The normalized spacial score (nSPS) is 16.4. The molecule has 6 nitrogen and oxygen atoms in total. The van der Waals surface area contributed by atoms with Gasteiger partial charge in [-0.1, -0.05) is 43.5 Å². The van der Waals surface area contributed by atoms with Gasteiger partial charge in [-0.3, -0.25) is 0 Å². The first kappa shape index (κ1) is 17.5. The molecule has 2 N–H and O–H groups in total. The fourth-order valence-electron chi connectivity index (χ4n) is 3.10. The molecule has 1 aromatic heterocycles. The lowest BCUT2D eigenvalue weighted by molar-refractivity contribution is 0.249. The number of carbonyl (C=O) groups excluding carboxylic acids is 1. The number of anilines is 1. The van der Waals surface area contributed by atoms with Crippen LogP contribution in [0.1, 0.15) is 64.2 Å². The van der Waals surface area contributed by atoms with Gasteiger partial charge in [0.05, 0.1) is 0 Å². The number of hydrogen-bond donors (Lipinski definition) is 2. The minimum absolute atomic E-state index is 0.137. The van der Waals surface area contributed by atoms with Crippen molar-refractivity contribution in [2.24, 2.45) is 0 Å². The third kappa shape index (κ3) is 4.59. The van der Waals surface area contributed by atoms with Crippen molar-refractivity contribution in [1.29, 1.82) is 0 Å². The first-order valence-electron chi connectivity index (χ1n) is 9.17. The van der Waals surface area contributed by atoms with Crippen LogP contribution in [0.4, 0.5) is 10.5 Å². The zero-order valence-electron chi connectivity index (χ0n) is 14.9. The van der Waals surface area contributed by atoms with Crippen LogP contribution in [0.2, 0.25) is 0 Å².